The lowest BCUT2D eigenvalue weighted by atomic mass is 9.96. The molecule has 5 rings (SSSR count). The number of carbonyl (C=O) groups excluding carboxylic acids is 2. The number of aliphatic hydroxyl groups excluding tert-OH is 1. The minimum absolute atomic E-state index is 0.0264. The Labute approximate surface area is 195 Å². The van der Waals surface area contributed by atoms with Crippen molar-refractivity contribution in [3.05, 3.63) is 89.3 Å². The van der Waals surface area contributed by atoms with E-state index in [4.69, 9.17) is 4.74 Å². The maximum atomic E-state index is 13.3. The van der Waals surface area contributed by atoms with Crippen LogP contribution in [0.15, 0.2) is 72.6 Å². The molecule has 1 fully saturated rings. The van der Waals surface area contributed by atoms with Crippen molar-refractivity contribution in [1.29, 1.82) is 0 Å². The summed E-state index contributed by atoms with van der Waals surface area (Å²) in [6.45, 7) is 4.27. The van der Waals surface area contributed by atoms with E-state index in [2.05, 4.69) is 15.0 Å². The van der Waals surface area contributed by atoms with E-state index in [9.17, 15) is 14.7 Å². The molecule has 0 bridgehead atoms. The van der Waals surface area contributed by atoms with Gasteiger partial charge in [-0.2, -0.15) is 0 Å². The van der Waals surface area contributed by atoms with Gasteiger partial charge in [0.1, 0.15) is 11.5 Å². The molecule has 1 aliphatic heterocycles. The van der Waals surface area contributed by atoms with Crippen molar-refractivity contribution in [2.45, 2.75) is 19.9 Å². The first-order chi connectivity index (χ1) is 16.5. The Morgan fingerprint density at radius 2 is 1.91 bits per heavy atom. The van der Waals surface area contributed by atoms with Gasteiger partial charge in [-0.05, 0) is 61.4 Å². The number of aryl methyl sites for hydroxylation is 1. The third-order valence-corrected chi connectivity index (χ3v) is 5.74. The summed E-state index contributed by atoms with van der Waals surface area (Å²) in [5.74, 6) is -1.07. The highest BCUT2D eigenvalue weighted by Crippen LogP contribution is 2.41. The average molecular weight is 454 g/mol. The van der Waals surface area contributed by atoms with Crippen LogP contribution in [0.25, 0.3) is 16.8 Å². The Hall–Kier alpha value is -4.46. The topological polar surface area (TPSA) is 108 Å². The van der Waals surface area contributed by atoms with Gasteiger partial charge in [0.2, 0.25) is 5.95 Å². The van der Waals surface area contributed by atoms with E-state index >= 15 is 0 Å². The Kier molecular flexibility index (Phi) is 5.33. The number of hydrogen-bond donors (Lipinski definition) is 2. The quantitative estimate of drug-likeness (QED) is 0.265. The summed E-state index contributed by atoms with van der Waals surface area (Å²) in [4.78, 5) is 39.6. The third kappa shape index (κ3) is 3.59. The molecule has 4 aromatic rings. The van der Waals surface area contributed by atoms with Crippen LogP contribution in [0.4, 0.5) is 5.95 Å². The summed E-state index contributed by atoms with van der Waals surface area (Å²) < 4.78 is 5.53. The van der Waals surface area contributed by atoms with Crippen LogP contribution in [0.3, 0.4) is 0 Å². The van der Waals surface area contributed by atoms with E-state index in [0.717, 1.165) is 11.1 Å². The highest BCUT2D eigenvalue weighted by atomic mass is 16.5. The summed E-state index contributed by atoms with van der Waals surface area (Å²) in [6.07, 6.45) is 3.15. The van der Waals surface area contributed by atoms with Gasteiger partial charge in [0, 0.05) is 18.0 Å². The first kappa shape index (κ1) is 21.4. The molecule has 34 heavy (non-hydrogen) atoms. The van der Waals surface area contributed by atoms with Gasteiger partial charge in [0.15, 0.2) is 0 Å². The van der Waals surface area contributed by atoms with Crippen molar-refractivity contribution in [2.75, 3.05) is 11.5 Å². The molecule has 2 aromatic heterocycles. The van der Waals surface area contributed by atoms with E-state index < -0.39 is 17.7 Å². The molecule has 2 N–H and O–H groups in total. The van der Waals surface area contributed by atoms with Gasteiger partial charge in [0.25, 0.3) is 5.78 Å². The van der Waals surface area contributed by atoms with Crippen molar-refractivity contribution in [1.82, 2.24) is 15.0 Å². The molecule has 1 saturated heterocycles. The van der Waals surface area contributed by atoms with Gasteiger partial charge in [-0.15, -0.1) is 0 Å². The zero-order chi connectivity index (χ0) is 23.8. The smallest absolute Gasteiger partial charge is 0.302 e. The lowest BCUT2D eigenvalue weighted by Crippen LogP contribution is -2.30. The van der Waals surface area contributed by atoms with E-state index in [1.54, 1.807) is 48.8 Å². The van der Waals surface area contributed by atoms with Gasteiger partial charge < -0.3 is 14.8 Å². The van der Waals surface area contributed by atoms with Crippen LogP contribution in [0.1, 0.15) is 29.7 Å². The molecule has 1 amide bonds. The van der Waals surface area contributed by atoms with Crippen molar-refractivity contribution in [3.63, 3.8) is 0 Å². The number of amides is 1. The number of ketones is 1. The zero-order valence-corrected chi connectivity index (χ0v) is 18.6. The van der Waals surface area contributed by atoms with Gasteiger partial charge in [0.05, 0.1) is 29.3 Å². The van der Waals surface area contributed by atoms with E-state index in [-0.39, 0.29) is 17.3 Å². The van der Waals surface area contributed by atoms with Crippen LogP contribution in [-0.4, -0.2) is 38.4 Å². The molecular formula is C26H22N4O4. The SMILES string of the molecule is CCOc1cccc(/C(O)=C2\C(=O)C(=O)N(c3nc4ccc(C)cc4[nH]3)C2c2ccncc2)c1. The van der Waals surface area contributed by atoms with Crippen LogP contribution in [0.2, 0.25) is 0 Å². The Morgan fingerprint density at radius 3 is 2.68 bits per heavy atom. The van der Waals surface area contributed by atoms with Gasteiger partial charge in [-0.1, -0.05) is 18.2 Å². The van der Waals surface area contributed by atoms with E-state index in [1.807, 2.05) is 32.0 Å². The number of rotatable bonds is 5. The van der Waals surface area contributed by atoms with Crippen molar-refractivity contribution < 1.29 is 19.4 Å². The van der Waals surface area contributed by atoms with Gasteiger partial charge in [-0.3, -0.25) is 19.5 Å². The summed E-state index contributed by atoms with van der Waals surface area (Å²) >= 11 is 0. The van der Waals surface area contributed by atoms with Crippen molar-refractivity contribution >= 4 is 34.4 Å². The highest BCUT2D eigenvalue weighted by molar-refractivity contribution is 6.51. The van der Waals surface area contributed by atoms with Gasteiger partial charge in [-0.25, -0.2) is 4.98 Å². The molecule has 170 valence electrons. The molecular weight excluding hydrogens is 432 g/mol. The largest absolute Gasteiger partial charge is 0.507 e. The van der Waals surface area contributed by atoms with Crippen LogP contribution in [0, 0.1) is 6.92 Å². The summed E-state index contributed by atoms with van der Waals surface area (Å²) in [6, 6.07) is 15.0. The fourth-order valence-electron chi connectivity index (χ4n) is 4.19. The number of Topliss-reactive ketones (excluding diaryl/α,β-unsaturated/α-hetero) is 1. The number of carbonyl (C=O) groups is 2. The normalized spacial score (nSPS) is 17.5. The molecule has 1 atom stereocenters. The number of H-pyrrole nitrogens is 1. The van der Waals surface area contributed by atoms with Gasteiger partial charge >= 0.3 is 5.91 Å². The Morgan fingerprint density at radius 1 is 1.12 bits per heavy atom. The number of aliphatic hydroxyl groups is 1. The molecule has 2 aromatic carbocycles. The number of ether oxygens (including phenoxy) is 1. The number of aromatic amines is 1. The first-order valence-electron chi connectivity index (χ1n) is 10.9. The highest BCUT2D eigenvalue weighted by Gasteiger charge is 2.48. The minimum atomic E-state index is -0.889. The molecule has 0 radical (unpaired) electrons. The second-order valence-electron chi connectivity index (χ2n) is 7.99. The number of aromatic nitrogens is 3. The number of hydrogen-bond acceptors (Lipinski definition) is 6. The second-order valence-corrected chi connectivity index (χ2v) is 7.99. The molecule has 8 nitrogen and oxygen atoms in total. The summed E-state index contributed by atoms with van der Waals surface area (Å²) in [7, 11) is 0. The monoisotopic (exact) mass is 454 g/mol. The fourth-order valence-corrected chi connectivity index (χ4v) is 4.19. The number of imidazole rings is 1. The molecule has 1 aliphatic rings. The van der Waals surface area contributed by atoms with Crippen LogP contribution in [0.5, 0.6) is 5.75 Å². The summed E-state index contributed by atoms with van der Waals surface area (Å²) in [5.41, 5.74) is 3.41. The van der Waals surface area contributed by atoms with Crippen molar-refractivity contribution in [2.24, 2.45) is 0 Å². The van der Waals surface area contributed by atoms with Crippen LogP contribution < -0.4 is 9.64 Å². The molecule has 3 heterocycles. The van der Waals surface area contributed by atoms with Crippen molar-refractivity contribution in [3.8, 4) is 5.75 Å². The molecule has 0 aliphatic carbocycles. The van der Waals surface area contributed by atoms with E-state index in [1.165, 1.54) is 4.90 Å². The number of pyridine rings is 1. The standard InChI is InChI=1S/C26H22N4O4/c1-3-34-18-6-4-5-17(14-18)23(31)21-22(16-9-11-27-12-10-16)30(25(33)24(21)32)26-28-19-8-7-15(2)13-20(19)29-26/h4-14,22,31H,3H2,1-2H3,(H,28,29)/b23-21+. The Balaban J connectivity index is 1.70. The summed E-state index contributed by atoms with van der Waals surface area (Å²) in [5, 5.41) is 11.3. The molecule has 1 unspecified atom stereocenters. The maximum absolute atomic E-state index is 13.3. The maximum Gasteiger partial charge on any atom is 0.302 e. The van der Waals surface area contributed by atoms with Crippen LogP contribution in [-0.2, 0) is 9.59 Å². The average Bonchev–Trinajstić information content (AvgIpc) is 3.37. The second kappa shape index (κ2) is 8.47. The molecule has 0 saturated carbocycles. The number of nitrogens with one attached hydrogen (secondary N) is 1. The number of benzene rings is 2. The lowest BCUT2D eigenvalue weighted by molar-refractivity contribution is -0.132. The predicted octanol–water partition coefficient (Wildman–Crippen LogP) is 4.29. The first-order valence-corrected chi connectivity index (χ1v) is 10.9. The minimum Gasteiger partial charge on any atom is -0.507 e. The Bertz CT molecular complexity index is 1440. The predicted molar refractivity (Wildman–Crippen MR) is 127 cm³/mol. The lowest BCUT2D eigenvalue weighted by Gasteiger charge is -2.22. The number of nitrogens with zero attached hydrogens (tertiary/aromatic N) is 3. The van der Waals surface area contributed by atoms with E-state index in [0.29, 0.717) is 29.0 Å². The number of anilines is 1. The fraction of sp³-hybridized carbons (Fsp3) is 0.154. The zero-order valence-electron chi connectivity index (χ0n) is 18.6. The number of fused-ring (bicyclic) bond motifs is 1. The van der Waals surface area contributed by atoms with Crippen LogP contribution >= 0.6 is 0 Å². The third-order valence-electron chi connectivity index (χ3n) is 5.74. The molecule has 0 spiro atoms. The molecule has 8 heteroatoms.